The van der Waals surface area contributed by atoms with E-state index in [1.165, 1.54) is 0 Å². The van der Waals surface area contributed by atoms with Crippen molar-refractivity contribution < 1.29 is 5.11 Å². The summed E-state index contributed by atoms with van der Waals surface area (Å²) in [5, 5.41) is 9.59. The van der Waals surface area contributed by atoms with Crippen molar-refractivity contribution in [1.82, 2.24) is 0 Å². The van der Waals surface area contributed by atoms with Gasteiger partial charge in [0.15, 0.2) is 0 Å². The Hall–Kier alpha value is -0.0400. The van der Waals surface area contributed by atoms with Crippen molar-refractivity contribution in [2.75, 3.05) is 0 Å². The highest BCUT2D eigenvalue weighted by Crippen LogP contribution is 2.22. The minimum Gasteiger partial charge on any atom is -0.390 e. The Labute approximate surface area is 58.1 Å². The highest BCUT2D eigenvalue weighted by molar-refractivity contribution is 4.75. The van der Waals surface area contributed by atoms with Gasteiger partial charge in [-0.1, -0.05) is 27.2 Å². The number of hydrogen-bond donors (Lipinski definition) is 1. The predicted octanol–water partition coefficient (Wildman–Crippen LogP) is 2.19. The Morgan fingerprint density at radius 1 is 1.44 bits per heavy atom. The molecule has 0 bridgehead atoms. The second-order valence-electron chi connectivity index (χ2n) is 3.02. The molecule has 0 aliphatic carbocycles. The molecule has 1 N–H and O–H groups in total. The van der Waals surface area contributed by atoms with Crippen LogP contribution >= 0.6 is 0 Å². The summed E-state index contributed by atoms with van der Waals surface area (Å²) in [5.41, 5.74) is -0.450. The van der Waals surface area contributed by atoms with Crippen molar-refractivity contribution >= 4 is 0 Å². The smallest absolute Gasteiger partial charge is 0.0642 e. The molecule has 0 aromatic heterocycles. The highest BCUT2D eigenvalue weighted by Gasteiger charge is 2.23. The summed E-state index contributed by atoms with van der Waals surface area (Å²) in [6.07, 6.45) is 1.91. The molecule has 0 saturated carbocycles. The average molecular weight is 130 g/mol. The van der Waals surface area contributed by atoms with Crippen LogP contribution in [0.15, 0.2) is 0 Å². The maximum Gasteiger partial charge on any atom is 0.0642 e. The van der Waals surface area contributed by atoms with Gasteiger partial charge >= 0.3 is 0 Å². The molecule has 0 aromatic carbocycles. The Morgan fingerprint density at radius 2 is 1.89 bits per heavy atom. The standard InChI is InChI=1S/C8H18O/c1-5-7(3)8(4,9)6-2/h7,9H,5-6H2,1-4H3. The van der Waals surface area contributed by atoms with Gasteiger partial charge in [0.2, 0.25) is 0 Å². The van der Waals surface area contributed by atoms with Gasteiger partial charge in [0.05, 0.1) is 5.60 Å². The molecule has 56 valence electrons. The van der Waals surface area contributed by atoms with E-state index in [-0.39, 0.29) is 0 Å². The van der Waals surface area contributed by atoms with Crippen molar-refractivity contribution in [3.8, 4) is 0 Å². The SMILES string of the molecule is CCC(C)C(C)(O)CC. The fourth-order valence-corrected chi connectivity index (χ4v) is 0.788. The van der Waals surface area contributed by atoms with Gasteiger partial charge in [0.25, 0.3) is 0 Å². The summed E-state index contributed by atoms with van der Waals surface area (Å²) < 4.78 is 0. The van der Waals surface area contributed by atoms with E-state index >= 15 is 0 Å². The van der Waals surface area contributed by atoms with Gasteiger partial charge in [0.1, 0.15) is 0 Å². The van der Waals surface area contributed by atoms with E-state index < -0.39 is 5.60 Å². The lowest BCUT2D eigenvalue weighted by Gasteiger charge is -2.27. The van der Waals surface area contributed by atoms with E-state index in [0.29, 0.717) is 5.92 Å². The predicted molar refractivity (Wildman–Crippen MR) is 40.4 cm³/mol. The summed E-state index contributed by atoms with van der Waals surface area (Å²) in [5.74, 6) is 0.419. The summed E-state index contributed by atoms with van der Waals surface area (Å²) >= 11 is 0. The van der Waals surface area contributed by atoms with Gasteiger partial charge in [-0.05, 0) is 19.3 Å². The lowest BCUT2D eigenvalue weighted by atomic mass is 9.87. The van der Waals surface area contributed by atoms with Crippen LogP contribution in [-0.4, -0.2) is 10.7 Å². The molecule has 0 amide bonds. The third-order valence-corrected chi connectivity index (χ3v) is 2.39. The van der Waals surface area contributed by atoms with Crippen molar-refractivity contribution in [3.05, 3.63) is 0 Å². The largest absolute Gasteiger partial charge is 0.390 e. The zero-order valence-electron chi connectivity index (χ0n) is 6.94. The first-order chi connectivity index (χ1) is 4.04. The zero-order chi connectivity index (χ0) is 7.49. The van der Waals surface area contributed by atoms with Gasteiger partial charge in [-0.15, -0.1) is 0 Å². The van der Waals surface area contributed by atoms with Gasteiger partial charge in [-0.25, -0.2) is 0 Å². The summed E-state index contributed by atoms with van der Waals surface area (Å²) in [4.78, 5) is 0. The fraction of sp³-hybridized carbons (Fsp3) is 1.00. The van der Waals surface area contributed by atoms with Crippen molar-refractivity contribution in [1.29, 1.82) is 0 Å². The molecule has 0 aliphatic heterocycles. The average Bonchev–Trinajstić information content (AvgIpc) is 1.86. The van der Waals surface area contributed by atoms with Crippen LogP contribution in [0.25, 0.3) is 0 Å². The molecule has 2 atom stereocenters. The van der Waals surface area contributed by atoms with Crippen LogP contribution in [0.4, 0.5) is 0 Å². The van der Waals surface area contributed by atoms with Crippen LogP contribution in [0.1, 0.15) is 40.5 Å². The van der Waals surface area contributed by atoms with Crippen LogP contribution in [0.5, 0.6) is 0 Å². The van der Waals surface area contributed by atoms with E-state index in [1.807, 2.05) is 13.8 Å². The molecule has 0 fully saturated rings. The van der Waals surface area contributed by atoms with Gasteiger partial charge in [0, 0.05) is 0 Å². The zero-order valence-corrected chi connectivity index (χ0v) is 6.94. The number of rotatable bonds is 3. The summed E-state index contributed by atoms with van der Waals surface area (Å²) in [7, 11) is 0. The first-order valence-corrected chi connectivity index (χ1v) is 3.77. The number of hydrogen-bond acceptors (Lipinski definition) is 1. The maximum atomic E-state index is 9.59. The monoisotopic (exact) mass is 130 g/mol. The van der Waals surface area contributed by atoms with Crippen LogP contribution < -0.4 is 0 Å². The lowest BCUT2D eigenvalue weighted by molar-refractivity contribution is 0.00130. The Bertz CT molecular complexity index is 76.6. The lowest BCUT2D eigenvalue weighted by Crippen LogP contribution is -2.31. The summed E-state index contributed by atoms with van der Waals surface area (Å²) in [6.45, 7) is 8.12. The molecule has 0 spiro atoms. The normalized spacial score (nSPS) is 21.0. The van der Waals surface area contributed by atoms with E-state index in [1.54, 1.807) is 0 Å². The molecule has 0 saturated heterocycles. The Kier molecular flexibility index (Phi) is 3.20. The molecule has 0 heterocycles. The minimum absolute atomic E-state index is 0.419. The molecule has 2 unspecified atom stereocenters. The van der Waals surface area contributed by atoms with Gasteiger partial charge in [-0.3, -0.25) is 0 Å². The van der Waals surface area contributed by atoms with E-state index in [4.69, 9.17) is 0 Å². The minimum atomic E-state index is -0.450. The van der Waals surface area contributed by atoms with Gasteiger partial charge in [-0.2, -0.15) is 0 Å². The molecule has 1 heteroatoms. The van der Waals surface area contributed by atoms with Crippen LogP contribution in [-0.2, 0) is 0 Å². The van der Waals surface area contributed by atoms with Crippen molar-refractivity contribution in [2.24, 2.45) is 5.92 Å². The highest BCUT2D eigenvalue weighted by atomic mass is 16.3. The van der Waals surface area contributed by atoms with E-state index in [9.17, 15) is 5.11 Å². The second kappa shape index (κ2) is 3.21. The molecule has 0 aromatic rings. The quantitative estimate of drug-likeness (QED) is 0.621. The van der Waals surface area contributed by atoms with Crippen LogP contribution in [0.3, 0.4) is 0 Å². The van der Waals surface area contributed by atoms with Crippen LogP contribution in [0.2, 0.25) is 0 Å². The third kappa shape index (κ3) is 2.35. The number of aliphatic hydroxyl groups is 1. The van der Waals surface area contributed by atoms with E-state index in [2.05, 4.69) is 13.8 Å². The topological polar surface area (TPSA) is 20.2 Å². The van der Waals surface area contributed by atoms with Crippen molar-refractivity contribution in [2.45, 2.75) is 46.1 Å². The molecule has 0 rings (SSSR count). The summed E-state index contributed by atoms with van der Waals surface area (Å²) in [6, 6.07) is 0. The van der Waals surface area contributed by atoms with Crippen molar-refractivity contribution in [3.63, 3.8) is 0 Å². The molecule has 0 aliphatic rings. The molecule has 0 radical (unpaired) electrons. The molecule has 1 nitrogen and oxygen atoms in total. The fourth-order valence-electron chi connectivity index (χ4n) is 0.788. The second-order valence-corrected chi connectivity index (χ2v) is 3.02. The Balaban J connectivity index is 3.80. The molecular formula is C8H18O. The van der Waals surface area contributed by atoms with E-state index in [0.717, 1.165) is 12.8 Å². The van der Waals surface area contributed by atoms with Crippen LogP contribution in [0, 0.1) is 5.92 Å². The third-order valence-electron chi connectivity index (χ3n) is 2.39. The first-order valence-electron chi connectivity index (χ1n) is 3.77. The molecule has 9 heavy (non-hydrogen) atoms. The maximum absolute atomic E-state index is 9.59. The molecular weight excluding hydrogens is 112 g/mol. The first kappa shape index (κ1) is 8.96. The van der Waals surface area contributed by atoms with Gasteiger partial charge < -0.3 is 5.11 Å². The Morgan fingerprint density at radius 3 is 2.00 bits per heavy atom.